The lowest BCUT2D eigenvalue weighted by atomic mass is 9.91. The number of nitrogen functional groups attached to an aromatic ring is 1. The van der Waals surface area contributed by atoms with Gasteiger partial charge in [0.05, 0.1) is 30.9 Å². The largest absolute Gasteiger partial charge is 0.489 e. The van der Waals surface area contributed by atoms with Gasteiger partial charge in [-0.15, -0.1) is 0 Å². The molecule has 0 saturated heterocycles. The van der Waals surface area contributed by atoms with Crippen LogP contribution in [-0.2, 0) is 16.6 Å². The van der Waals surface area contributed by atoms with Crippen LogP contribution in [0.25, 0.3) is 0 Å². The highest BCUT2D eigenvalue weighted by Crippen LogP contribution is 2.55. The van der Waals surface area contributed by atoms with Crippen molar-refractivity contribution in [3.05, 3.63) is 107 Å². The maximum atomic E-state index is 13.9. The van der Waals surface area contributed by atoms with E-state index in [0.29, 0.717) is 35.2 Å². The van der Waals surface area contributed by atoms with Crippen LogP contribution in [0.2, 0.25) is 0 Å². The molecule has 1 fully saturated rings. The molecule has 10 heteroatoms. The average molecular weight is 522 g/mol. The first kappa shape index (κ1) is 26.7. The summed E-state index contributed by atoms with van der Waals surface area (Å²) in [6, 6.07) is 11.7. The zero-order chi connectivity index (χ0) is 27.3. The third kappa shape index (κ3) is 6.50. The van der Waals surface area contributed by atoms with Gasteiger partial charge in [-0.1, -0.05) is 12.1 Å². The Bertz CT molecular complexity index is 1400. The highest BCUT2D eigenvalue weighted by molar-refractivity contribution is 5.88. The summed E-state index contributed by atoms with van der Waals surface area (Å²) in [5.74, 6) is -0.0150. The van der Waals surface area contributed by atoms with Crippen molar-refractivity contribution in [1.29, 1.82) is 0 Å². The van der Waals surface area contributed by atoms with Gasteiger partial charge in [-0.3, -0.25) is 9.78 Å². The van der Waals surface area contributed by atoms with Crippen LogP contribution in [0.1, 0.15) is 29.2 Å². The Balaban J connectivity index is 0.000000360. The first-order valence-corrected chi connectivity index (χ1v) is 11.9. The van der Waals surface area contributed by atoms with Gasteiger partial charge < -0.3 is 10.5 Å². The average Bonchev–Trinajstić information content (AvgIpc) is 3.63. The summed E-state index contributed by atoms with van der Waals surface area (Å²) in [6.45, 7) is 3.83. The van der Waals surface area contributed by atoms with E-state index in [-0.39, 0.29) is 36.4 Å². The molecule has 1 aliphatic carbocycles. The van der Waals surface area contributed by atoms with E-state index in [0.717, 1.165) is 18.0 Å². The van der Waals surface area contributed by atoms with Crippen LogP contribution in [0.3, 0.4) is 0 Å². The van der Waals surface area contributed by atoms with Gasteiger partial charge in [0.2, 0.25) is 0 Å². The second-order valence-corrected chi connectivity index (χ2v) is 9.09. The van der Waals surface area contributed by atoms with Crippen molar-refractivity contribution in [3.63, 3.8) is 0 Å². The van der Waals surface area contributed by atoms with E-state index < -0.39 is 11.2 Å². The predicted octanol–water partition coefficient (Wildman–Crippen LogP) is 4.72. The number of carbonyl (C=O) groups excluding carboxylic acids is 1. The number of aromatic nitrogens is 4. The van der Waals surface area contributed by atoms with Crippen LogP contribution in [0.5, 0.6) is 5.75 Å². The Morgan fingerprint density at radius 2 is 1.71 bits per heavy atom. The predicted molar refractivity (Wildman–Crippen MR) is 135 cm³/mol. The lowest BCUT2D eigenvalue weighted by Crippen LogP contribution is -2.25. The van der Waals surface area contributed by atoms with Crippen molar-refractivity contribution in [1.82, 2.24) is 19.9 Å². The number of pyridine rings is 2. The molecule has 5 rings (SSSR count). The Morgan fingerprint density at radius 1 is 0.974 bits per heavy atom. The minimum atomic E-state index is -0.628. The number of ether oxygens (including phenoxy) is 1. The first-order valence-electron chi connectivity index (χ1n) is 11.9. The summed E-state index contributed by atoms with van der Waals surface area (Å²) in [5, 5.41) is 0. The third-order valence-electron chi connectivity index (χ3n) is 6.30. The molecule has 196 valence electrons. The van der Waals surface area contributed by atoms with Crippen LogP contribution in [0.4, 0.5) is 19.0 Å². The Hall–Kier alpha value is -4.34. The Morgan fingerprint density at radius 3 is 2.32 bits per heavy atom. The highest BCUT2D eigenvalue weighted by Gasteiger charge is 2.59. The number of benzene rings is 1. The van der Waals surface area contributed by atoms with Crippen LogP contribution in [0.15, 0.2) is 67.1 Å². The van der Waals surface area contributed by atoms with Crippen molar-refractivity contribution in [3.8, 4) is 5.75 Å². The van der Waals surface area contributed by atoms with E-state index in [1.54, 1.807) is 19.2 Å². The van der Waals surface area contributed by atoms with E-state index in [1.807, 2.05) is 13.0 Å². The molecule has 1 saturated carbocycles. The highest BCUT2D eigenvalue weighted by atomic mass is 19.1. The monoisotopic (exact) mass is 521 g/mol. The van der Waals surface area contributed by atoms with Crippen LogP contribution in [-0.4, -0.2) is 32.3 Å². The molecule has 3 aromatic heterocycles. The first-order chi connectivity index (χ1) is 18.2. The lowest BCUT2D eigenvalue weighted by Gasteiger charge is -2.19. The number of aryl methyl sites for hydroxylation is 2. The number of ketones is 1. The molecule has 0 amide bonds. The van der Waals surface area contributed by atoms with Crippen LogP contribution < -0.4 is 10.5 Å². The number of Topliss-reactive ketones (excluding diaryl/α,β-unsaturated/α-hetero) is 1. The number of rotatable bonds is 7. The quantitative estimate of drug-likeness (QED) is 0.375. The van der Waals surface area contributed by atoms with E-state index in [1.165, 1.54) is 36.4 Å². The fourth-order valence-electron chi connectivity index (χ4n) is 4.21. The summed E-state index contributed by atoms with van der Waals surface area (Å²) >= 11 is 0. The van der Waals surface area contributed by atoms with Crippen molar-refractivity contribution in [2.24, 2.45) is 5.92 Å². The number of anilines is 1. The molecule has 1 aromatic carbocycles. The minimum Gasteiger partial charge on any atom is -0.489 e. The SMILES string of the molecule is Cc1ncc(OC[C@@]2(c3cccc(F)c3)C[C@H]2C(=O)Cc2ccc(F)cn2)c(C)n1.Nc1ccc(F)cn1. The third-order valence-corrected chi connectivity index (χ3v) is 6.30. The lowest BCUT2D eigenvalue weighted by molar-refractivity contribution is -0.120. The maximum Gasteiger partial charge on any atom is 0.158 e. The fourth-order valence-corrected chi connectivity index (χ4v) is 4.21. The molecule has 0 bridgehead atoms. The Kier molecular flexibility index (Phi) is 7.99. The van der Waals surface area contributed by atoms with Gasteiger partial charge in [0.25, 0.3) is 0 Å². The summed E-state index contributed by atoms with van der Waals surface area (Å²) in [4.78, 5) is 28.9. The second-order valence-electron chi connectivity index (χ2n) is 9.09. The summed E-state index contributed by atoms with van der Waals surface area (Å²) in [5.41, 5.74) is 6.45. The van der Waals surface area contributed by atoms with E-state index in [2.05, 4.69) is 19.9 Å². The molecular formula is C28H26F3N5O2. The fraction of sp³-hybridized carbons (Fsp3) is 0.250. The van der Waals surface area contributed by atoms with Gasteiger partial charge in [-0.25, -0.2) is 28.1 Å². The van der Waals surface area contributed by atoms with E-state index >= 15 is 0 Å². The molecule has 2 N–H and O–H groups in total. The van der Waals surface area contributed by atoms with Gasteiger partial charge >= 0.3 is 0 Å². The Labute approximate surface area is 218 Å². The van der Waals surface area contributed by atoms with Gasteiger partial charge in [-0.2, -0.15) is 0 Å². The number of nitrogens with zero attached hydrogens (tertiary/aromatic N) is 4. The summed E-state index contributed by atoms with van der Waals surface area (Å²) in [6.07, 6.45) is 4.42. The molecule has 2 atom stereocenters. The zero-order valence-electron chi connectivity index (χ0n) is 20.9. The molecule has 3 heterocycles. The molecule has 1 aliphatic rings. The molecule has 0 radical (unpaired) electrons. The molecule has 7 nitrogen and oxygen atoms in total. The van der Waals surface area contributed by atoms with Crippen molar-refractivity contribution in [2.45, 2.75) is 32.1 Å². The smallest absolute Gasteiger partial charge is 0.158 e. The van der Waals surface area contributed by atoms with Gasteiger partial charge in [0.1, 0.15) is 34.9 Å². The molecular weight excluding hydrogens is 495 g/mol. The number of carbonyl (C=O) groups is 1. The molecule has 0 aliphatic heterocycles. The van der Waals surface area contributed by atoms with Crippen LogP contribution >= 0.6 is 0 Å². The zero-order valence-corrected chi connectivity index (χ0v) is 20.9. The normalized spacial score (nSPS) is 17.8. The summed E-state index contributed by atoms with van der Waals surface area (Å²) < 4.78 is 45.0. The molecule has 4 aromatic rings. The second kappa shape index (κ2) is 11.4. The maximum absolute atomic E-state index is 13.9. The van der Waals surface area contributed by atoms with Crippen molar-refractivity contribution < 1.29 is 22.7 Å². The topological polar surface area (TPSA) is 104 Å². The van der Waals surface area contributed by atoms with Gasteiger partial charge in [-0.05, 0) is 62.2 Å². The molecule has 0 unspecified atom stereocenters. The van der Waals surface area contributed by atoms with E-state index in [4.69, 9.17) is 10.5 Å². The number of nitrogens with two attached hydrogens (primary N) is 1. The standard InChI is InChI=1S/C23H21F2N3O2.C5H5FN2/c1-14-22(12-26-15(2)28-14)30-13-23(16-4-3-5-17(24)8-16)10-20(23)21(29)9-19-7-6-18(25)11-27-19;6-4-1-2-5(7)8-3-4/h3-8,11-12,20H,9-10,13H2,1-2H3;1-3H,(H2,7,8)/t20-,23+;/m0./s1. The van der Waals surface area contributed by atoms with Gasteiger partial charge in [0, 0.05) is 23.4 Å². The molecule has 38 heavy (non-hydrogen) atoms. The number of halogens is 3. The van der Waals surface area contributed by atoms with Gasteiger partial charge in [0.15, 0.2) is 5.75 Å². The summed E-state index contributed by atoms with van der Waals surface area (Å²) in [7, 11) is 0. The number of hydrogen-bond donors (Lipinski definition) is 1. The molecule has 0 spiro atoms. The van der Waals surface area contributed by atoms with Crippen molar-refractivity contribution >= 4 is 11.6 Å². The van der Waals surface area contributed by atoms with Crippen LogP contribution in [0, 0.1) is 37.2 Å². The van der Waals surface area contributed by atoms with E-state index in [9.17, 15) is 18.0 Å². The number of hydrogen-bond acceptors (Lipinski definition) is 7. The minimum absolute atomic E-state index is 0.0288. The van der Waals surface area contributed by atoms with Crippen molar-refractivity contribution in [2.75, 3.05) is 12.3 Å².